The van der Waals surface area contributed by atoms with E-state index in [2.05, 4.69) is 67.6 Å². The lowest BCUT2D eigenvalue weighted by Gasteiger charge is -2.17. The van der Waals surface area contributed by atoms with Gasteiger partial charge >= 0.3 is 0 Å². The van der Waals surface area contributed by atoms with E-state index in [1.54, 1.807) is 0 Å². The van der Waals surface area contributed by atoms with Gasteiger partial charge in [0, 0.05) is 27.7 Å². The largest absolute Gasteiger partial charge is 0.308 e. The Bertz CT molecular complexity index is 1680. The van der Waals surface area contributed by atoms with Crippen molar-refractivity contribution in [3.8, 4) is 0 Å². The van der Waals surface area contributed by atoms with Gasteiger partial charge in [-0.15, -0.1) is 0 Å². The summed E-state index contributed by atoms with van der Waals surface area (Å²) < 4.78 is 2.57. The maximum atomic E-state index is 4.96. The monoisotopic (exact) mass is 416 g/mol. The maximum absolute atomic E-state index is 4.96. The highest BCUT2D eigenvalue weighted by Crippen LogP contribution is 2.45. The molecule has 0 atom stereocenters. The highest BCUT2D eigenvalue weighted by Gasteiger charge is 2.25. The Kier molecular flexibility index (Phi) is 3.72. The lowest BCUT2D eigenvalue weighted by molar-refractivity contribution is 0.549. The second-order valence-corrected chi connectivity index (χ2v) is 10.2. The zero-order chi connectivity index (χ0) is 21.6. The van der Waals surface area contributed by atoms with Gasteiger partial charge in [-0.05, 0) is 73.4 Å². The molecule has 0 radical (unpaired) electrons. The molecule has 32 heavy (non-hydrogen) atoms. The van der Waals surface area contributed by atoms with E-state index in [9.17, 15) is 0 Å². The van der Waals surface area contributed by atoms with Gasteiger partial charge in [0.2, 0.25) is 0 Å². The van der Waals surface area contributed by atoms with Crippen molar-refractivity contribution in [2.45, 2.75) is 52.9 Å². The fourth-order valence-corrected chi connectivity index (χ4v) is 6.73. The lowest BCUT2D eigenvalue weighted by atomic mass is 9.90. The molecule has 2 nitrogen and oxygen atoms in total. The summed E-state index contributed by atoms with van der Waals surface area (Å²) >= 11 is 0. The number of aryl methyl sites for hydroxylation is 3. The van der Waals surface area contributed by atoms with Crippen LogP contribution in [0.3, 0.4) is 0 Å². The van der Waals surface area contributed by atoms with Gasteiger partial charge in [-0.25, -0.2) is 0 Å². The third kappa shape index (κ3) is 2.33. The van der Waals surface area contributed by atoms with Gasteiger partial charge in [0.25, 0.3) is 0 Å². The van der Waals surface area contributed by atoms with E-state index in [0.717, 1.165) is 11.4 Å². The van der Waals surface area contributed by atoms with Crippen molar-refractivity contribution < 1.29 is 0 Å². The Hall–Kier alpha value is -3.13. The molecule has 0 aliphatic heterocycles. The molecule has 3 heterocycles. The Morgan fingerprint density at radius 1 is 0.875 bits per heavy atom. The first-order valence-corrected chi connectivity index (χ1v) is 12.1. The number of benzene rings is 3. The topological polar surface area (TPSA) is 17.3 Å². The van der Waals surface area contributed by atoms with E-state index in [1.165, 1.54) is 97.8 Å². The van der Waals surface area contributed by atoms with Crippen LogP contribution in [-0.4, -0.2) is 9.38 Å². The molecule has 1 aliphatic rings. The minimum Gasteiger partial charge on any atom is -0.308 e. The minimum atomic E-state index is 0.819. The first-order chi connectivity index (χ1) is 15.6. The van der Waals surface area contributed by atoms with Gasteiger partial charge in [0.05, 0.1) is 22.1 Å². The zero-order valence-corrected chi connectivity index (χ0v) is 19.1. The summed E-state index contributed by atoms with van der Waals surface area (Å²) in [4.78, 5) is 4.96. The maximum Gasteiger partial charge on any atom is 0.0822 e. The van der Waals surface area contributed by atoms with E-state index in [0.29, 0.717) is 0 Å². The predicted molar refractivity (Wildman–Crippen MR) is 136 cm³/mol. The van der Waals surface area contributed by atoms with Gasteiger partial charge < -0.3 is 4.40 Å². The van der Waals surface area contributed by atoms with Crippen LogP contribution in [0.15, 0.2) is 48.7 Å². The van der Waals surface area contributed by atoms with Crippen LogP contribution in [0.25, 0.3) is 49.0 Å². The van der Waals surface area contributed by atoms with Crippen molar-refractivity contribution in [3.63, 3.8) is 0 Å². The molecular formula is C30H28N2. The van der Waals surface area contributed by atoms with Crippen LogP contribution in [0.5, 0.6) is 0 Å². The van der Waals surface area contributed by atoms with Crippen molar-refractivity contribution in [1.29, 1.82) is 0 Å². The van der Waals surface area contributed by atoms with E-state index in [-0.39, 0.29) is 0 Å². The van der Waals surface area contributed by atoms with Crippen LogP contribution in [0.4, 0.5) is 0 Å². The Morgan fingerprint density at radius 3 is 2.56 bits per heavy atom. The number of hydrogen-bond donors (Lipinski definition) is 0. The highest BCUT2D eigenvalue weighted by atomic mass is 14.9. The van der Waals surface area contributed by atoms with E-state index in [1.807, 2.05) is 6.20 Å². The van der Waals surface area contributed by atoms with Crippen LogP contribution in [-0.2, 0) is 6.42 Å². The highest BCUT2D eigenvalue weighted by molar-refractivity contribution is 6.29. The van der Waals surface area contributed by atoms with E-state index >= 15 is 0 Å². The molecule has 0 spiro atoms. The molecule has 0 unspecified atom stereocenters. The molecule has 0 amide bonds. The van der Waals surface area contributed by atoms with E-state index < -0.39 is 0 Å². The quantitative estimate of drug-likeness (QED) is 0.206. The molecule has 3 aromatic carbocycles. The van der Waals surface area contributed by atoms with Gasteiger partial charge in [0.15, 0.2) is 0 Å². The Balaban J connectivity index is 1.80. The first-order valence-electron chi connectivity index (χ1n) is 12.1. The summed E-state index contributed by atoms with van der Waals surface area (Å²) in [7, 11) is 0. The van der Waals surface area contributed by atoms with Crippen molar-refractivity contribution in [2.24, 2.45) is 5.92 Å². The summed E-state index contributed by atoms with van der Waals surface area (Å²) in [6.45, 7) is 6.73. The number of rotatable bonds is 2. The van der Waals surface area contributed by atoms with E-state index in [4.69, 9.17) is 4.98 Å². The number of hydrogen-bond acceptors (Lipinski definition) is 1. The summed E-state index contributed by atoms with van der Waals surface area (Å²) in [5, 5.41) is 6.83. The molecule has 0 saturated heterocycles. The zero-order valence-electron chi connectivity index (χ0n) is 19.1. The second-order valence-electron chi connectivity index (χ2n) is 10.2. The second kappa shape index (κ2) is 6.45. The lowest BCUT2D eigenvalue weighted by Crippen LogP contribution is -2.01. The van der Waals surface area contributed by atoms with Crippen molar-refractivity contribution in [2.75, 3.05) is 0 Å². The normalized spacial score (nSPS) is 15.5. The average Bonchev–Trinajstić information content (AvgIpc) is 3.40. The fourth-order valence-electron chi connectivity index (χ4n) is 6.73. The minimum absolute atomic E-state index is 0.819. The summed E-state index contributed by atoms with van der Waals surface area (Å²) in [6.07, 6.45) is 8.73. The van der Waals surface area contributed by atoms with Gasteiger partial charge in [-0.2, -0.15) is 0 Å². The standard InChI is InChI=1S/C30H28N2/c1-17-13-19(3)29-23(14-17)28-27-21(11-12-31-28)16-22(15-20-8-4-5-9-20)26-25-18(2)7-6-10-24(25)32(29)30(26)27/h6-7,10-14,16,20H,4-5,8-9,15H2,1-3H3. The van der Waals surface area contributed by atoms with Crippen LogP contribution >= 0.6 is 0 Å². The van der Waals surface area contributed by atoms with Crippen molar-refractivity contribution in [3.05, 3.63) is 70.9 Å². The van der Waals surface area contributed by atoms with Gasteiger partial charge in [-0.1, -0.05) is 55.5 Å². The molecule has 0 N–H and O–H groups in total. The van der Waals surface area contributed by atoms with Crippen LogP contribution in [0.1, 0.15) is 47.9 Å². The molecule has 1 fully saturated rings. The summed E-state index contributed by atoms with van der Waals surface area (Å²) in [5.41, 5.74) is 10.7. The Morgan fingerprint density at radius 2 is 1.72 bits per heavy atom. The first kappa shape index (κ1) is 18.4. The summed E-state index contributed by atoms with van der Waals surface area (Å²) in [6, 6.07) is 16.2. The van der Waals surface area contributed by atoms with Crippen molar-refractivity contribution in [1.82, 2.24) is 9.38 Å². The molecule has 6 aromatic rings. The molecule has 158 valence electrons. The number of nitrogens with zero attached hydrogens (tertiary/aromatic N) is 2. The molecule has 0 bridgehead atoms. The van der Waals surface area contributed by atoms with Crippen molar-refractivity contribution >= 4 is 49.0 Å². The Labute approximate surface area is 188 Å². The number of pyridine rings is 2. The third-order valence-corrected chi connectivity index (χ3v) is 7.98. The molecular weight excluding hydrogens is 388 g/mol. The number of fused-ring (bicyclic) bond motifs is 6. The van der Waals surface area contributed by atoms with Crippen LogP contribution in [0.2, 0.25) is 0 Å². The molecule has 7 rings (SSSR count). The van der Waals surface area contributed by atoms with Gasteiger partial charge in [0.1, 0.15) is 0 Å². The summed E-state index contributed by atoms with van der Waals surface area (Å²) in [5.74, 6) is 0.819. The smallest absolute Gasteiger partial charge is 0.0822 e. The molecule has 2 heteroatoms. The van der Waals surface area contributed by atoms with Crippen LogP contribution < -0.4 is 0 Å². The molecule has 1 aliphatic carbocycles. The number of aromatic nitrogens is 2. The van der Waals surface area contributed by atoms with Gasteiger partial charge in [-0.3, -0.25) is 4.98 Å². The third-order valence-electron chi connectivity index (χ3n) is 7.98. The van der Waals surface area contributed by atoms with Crippen LogP contribution in [0, 0.1) is 26.7 Å². The predicted octanol–water partition coefficient (Wildman–Crippen LogP) is 8.04. The molecule has 3 aromatic heterocycles. The molecule has 1 saturated carbocycles. The fraction of sp³-hybridized carbons (Fsp3) is 0.300. The SMILES string of the molecule is Cc1cc(C)c2c(c1)c1nccc3cc(CC4CCCC4)c4c5c(C)cccc5n2c4c31. The average molecular weight is 417 g/mol.